The molecular weight excluding hydrogens is 336 g/mol. The molecule has 2 aromatic rings. The third-order valence-corrected chi connectivity index (χ3v) is 4.97. The highest BCUT2D eigenvalue weighted by molar-refractivity contribution is 5.96. The van der Waals surface area contributed by atoms with Gasteiger partial charge in [-0.2, -0.15) is 0 Å². The van der Waals surface area contributed by atoms with Crippen molar-refractivity contribution in [1.82, 2.24) is 24.5 Å². The van der Waals surface area contributed by atoms with Gasteiger partial charge in [-0.3, -0.25) is 23.8 Å². The second kappa shape index (κ2) is 6.41. The minimum Gasteiger partial charge on any atom is -0.354 e. The Morgan fingerprint density at radius 1 is 1.12 bits per heavy atom. The summed E-state index contributed by atoms with van der Waals surface area (Å²) in [6.45, 7) is 2.70. The number of aromatic nitrogens is 2. The van der Waals surface area contributed by atoms with Gasteiger partial charge in [0.2, 0.25) is 5.91 Å². The number of urea groups is 1. The zero-order valence-electron chi connectivity index (χ0n) is 14.5. The molecule has 1 N–H and O–H groups in total. The van der Waals surface area contributed by atoms with Gasteiger partial charge >= 0.3 is 6.03 Å². The van der Waals surface area contributed by atoms with Gasteiger partial charge in [0.1, 0.15) is 11.5 Å². The molecule has 9 heteroatoms. The molecule has 0 radical (unpaired) electrons. The first kappa shape index (κ1) is 16.5. The molecule has 0 spiro atoms. The summed E-state index contributed by atoms with van der Waals surface area (Å²) in [5.41, 5.74) is 0.506. The minimum absolute atomic E-state index is 0.110. The molecule has 2 fully saturated rings. The summed E-state index contributed by atoms with van der Waals surface area (Å²) in [4.78, 5) is 45.8. The Morgan fingerprint density at radius 2 is 1.88 bits per heavy atom. The van der Waals surface area contributed by atoms with E-state index in [1.165, 1.54) is 11.4 Å². The Bertz CT molecular complexity index is 900. The number of imide groups is 1. The molecule has 26 heavy (non-hydrogen) atoms. The summed E-state index contributed by atoms with van der Waals surface area (Å²) < 4.78 is 1.51. The third kappa shape index (κ3) is 2.90. The average Bonchev–Trinajstić information content (AvgIpc) is 2.66. The number of carbonyl (C=O) groups is 2. The molecule has 1 atom stereocenters. The fourth-order valence-corrected chi connectivity index (χ4v) is 3.39. The molecule has 2 aliphatic heterocycles. The van der Waals surface area contributed by atoms with E-state index in [4.69, 9.17) is 0 Å². The van der Waals surface area contributed by atoms with Gasteiger partial charge in [-0.15, -0.1) is 0 Å². The van der Waals surface area contributed by atoms with E-state index < -0.39 is 0 Å². The van der Waals surface area contributed by atoms with Crippen molar-refractivity contribution in [3.63, 3.8) is 0 Å². The molecule has 1 unspecified atom stereocenters. The first-order valence-electron chi connectivity index (χ1n) is 8.57. The molecule has 4 heterocycles. The van der Waals surface area contributed by atoms with Gasteiger partial charge in [0.05, 0.1) is 12.6 Å². The zero-order chi connectivity index (χ0) is 18.3. The lowest BCUT2D eigenvalue weighted by Gasteiger charge is -2.41. The van der Waals surface area contributed by atoms with Crippen LogP contribution in [0.15, 0.2) is 35.3 Å². The van der Waals surface area contributed by atoms with Crippen molar-refractivity contribution in [3.05, 3.63) is 40.8 Å². The van der Waals surface area contributed by atoms with Crippen LogP contribution in [0.1, 0.15) is 6.42 Å². The Kier molecular flexibility index (Phi) is 4.08. The third-order valence-electron chi connectivity index (χ3n) is 4.97. The molecule has 4 rings (SSSR count). The van der Waals surface area contributed by atoms with Gasteiger partial charge in [0.25, 0.3) is 5.56 Å². The number of nitrogens with zero attached hydrogens (tertiary/aromatic N) is 5. The predicted octanol–water partition coefficient (Wildman–Crippen LogP) is -0.286. The van der Waals surface area contributed by atoms with Crippen molar-refractivity contribution in [2.24, 2.45) is 0 Å². The zero-order valence-corrected chi connectivity index (χ0v) is 14.5. The van der Waals surface area contributed by atoms with Crippen molar-refractivity contribution in [2.45, 2.75) is 12.6 Å². The largest absolute Gasteiger partial charge is 0.354 e. The monoisotopic (exact) mass is 356 g/mol. The van der Waals surface area contributed by atoms with Crippen LogP contribution in [0.5, 0.6) is 0 Å². The maximum absolute atomic E-state index is 12.3. The first-order valence-corrected chi connectivity index (χ1v) is 8.57. The topological polar surface area (TPSA) is 90.3 Å². The van der Waals surface area contributed by atoms with E-state index in [9.17, 15) is 14.4 Å². The fraction of sp³-hybridized carbons (Fsp3) is 0.412. The molecule has 0 saturated carbocycles. The molecule has 2 aliphatic rings. The van der Waals surface area contributed by atoms with Crippen molar-refractivity contribution in [2.75, 3.05) is 38.1 Å². The predicted molar refractivity (Wildman–Crippen MR) is 95.0 cm³/mol. The highest BCUT2D eigenvalue weighted by Crippen LogP contribution is 2.17. The smallest absolute Gasteiger partial charge is 0.325 e. The van der Waals surface area contributed by atoms with E-state index in [1.54, 1.807) is 24.4 Å². The van der Waals surface area contributed by atoms with E-state index in [1.807, 2.05) is 6.07 Å². The number of nitrogens with one attached hydrogen (secondary N) is 1. The number of rotatable bonds is 2. The van der Waals surface area contributed by atoms with Crippen LogP contribution in [0.2, 0.25) is 0 Å². The first-order chi connectivity index (χ1) is 12.5. The number of piperazine rings is 1. The molecule has 3 amide bonds. The summed E-state index contributed by atoms with van der Waals surface area (Å²) in [6.07, 6.45) is 1.70. The molecule has 0 aromatic carbocycles. The number of amides is 3. The normalized spacial score (nSPS) is 22.0. The van der Waals surface area contributed by atoms with Gasteiger partial charge in [-0.05, 0) is 12.1 Å². The van der Waals surface area contributed by atoms with Crippen molar-refractivity contribution >= 4 is 23.4 Å². The number of hydrogen-bond acceptors (Lipinski definition) is 6. The van der Waals surface area contributed by atoms with Crippen molar-refractivity contribution in [3.8, 4) is 0 Å². The van der Waals surface area contributed by atoms with Gasteiger partial charge in [-0.1, -0.05) is 6.07 Å². The summed E-state index contributed by atoms with van der Waals surface area (Å²) >= 11 is 0. The quantitative estimate of drug-likeness (QED) is 0.796. The maximum atomic E-state index is 12.3. The molecule has 9 nitrogen and oxygen atoms in total. The molecular formula is C17H20N6O3. The Labute approximate surface area is 149 Å². The van der Waals surface area contributed by atoms with Crippen LogP contribution in [0.25, 0.3) is 5.65 Å². The number of hydrogen-bond donors (Lipinski definition) is 1. The second-order valence-electron chi connectivity index (χ2n) is 6.53. The minimum atomic E-state index is -0.363. The van der Waals surface area contributed by atoms with Gasteiger partial charge in [0, 0.05) is 45.5 Å². The summed E-state index contributed by atoms with van der Waals surface area (Å²) in [7, 11) is 1.48. The van der Waals surface area contributed by atoms with E-state index in [0.717, 1.165) is 4.90 Å². The number of anilines is 1. The molecule has 2 aromatic heterocycles. The lowest BCUT2D eigenvalue weighted by Crippen LogP contribution is -2.62. The Morgan fingerprint density at radius 3 is 2.62 bits per heavy atom. The number of pyridine rings is 1. The number of fused-ring (bicyclic) bond motifs is 1. The average molecular weight is 356 g/mol. The Hall–Kier alpha value is -2.94. The van der Waals surface area contributed by atoms with E-state index in [0.29, 0.717) is 37.6 Å². The number of carbonyl (C=O) groups excluding carboxylic acids is 2. The lowest BCUT2D eigenvalue weighted by atomic mass is 10.2. The lowest BCUT2D eigenvalue weighted by molar-refractivity contribution is -0.130. The molecule has 136 valence electrons. The van der Waals surface area contributed by atoms with E-state index in [2.05, 4.69) is 20.1 Å². The highest BCUT2D eigenvalue weighted by Gasteiger charge is 2.34. The maximum Gasteiger partial charge on any atom is 0.325 e. The molecule has 0 bridgehead atoms. The summed E-state index contributed by atoms with van der Waals surface area (Å²) in [5.74, 6) is 0.481. The van der Waals surface area contributed by atoms with E-state index >= 15 is 0 Å². The van der Waals surface area contributed by atoms with Crippen LogP contribution in [0, 0.1) is 0 Å². The van der Waals surface area contributed by atoms with Crippen LogP contribution in [0.4, 0.5) is 10.6 Å². The highest BCUT2D eigenvalue weighted by atomic mass is 16.2. The van der Waals surface area contributed by atoms with Crippen LogP contribution in [0.3, 0.4) is 0 Å². The second-order valence-corrected chi connectivity index (χ2v) is 6.53. The Balaban J connectivity index is 1.46. The van der Waals surface area contributed by atoms with Gasteiger partial charge < -0.3 is 10.2 Å². The van der Waals surface area contributed by atoms with Crippen molar-refractivity contribution in [1.29, 1.82) is 0 Å². The van der Waals surface area contributed by atoms with Gasteiger partial charge in [0.15, 0.2) is 0 Å². The summed E-state index contributed by atoms with van der Waals surface area (Å²) in [5, 5.41) is 2.86. The van der Waals surface area contributed by atoms with E-state index in [-0.39, 0.29) is 30.1 Å². The van der Waals surface area contributed by atoms with Gasteiger partial charge in [-0.25, -0.2) is 9.78 Å². The van der Waals surface area contributed by atoms with Crippen LogP contribution >= 0.6 is 0 Å². The van der Waals surface area contributed by atoms with Crippen LogP contribution in [-0.4, -0.2) is 70.5 Å². The molecule has 0 aliphatic carbocycles. The molecule has 2 saturated heterocycles. The van der Waals surface area contributed by atoms with Crippen LogP contribution < -0.4 is 15.8 Å². The fourth-order valence-electron chi connectivity index (χ4n) is 3.39. The SMILES string of the molecule is CN1C(=O)CC(N2CCN(c3cc(=O)n4ccccc4n3)CC2)NC1=O. The summed E-state index contributed by atoms with van der Waals surface area (Å²) in [6, 6.07) is 6.64. The van der Waals surface area contributed by atoms with Crippen molar-refractivity contribution < 1.29 is 9.59 Å². The standard InChI is InChI=1S/C17H20N6O3/c1-20-15(24)10-14(19-17(20)26)22-8-6-21(7-9-22)13-11-16(25)23-5-3-2-4-12(23)18-13/h2-5,11,14H,6-10H2,1H3,(H,19,26). The van der Waals surface area contributed by atoms with Crippen LogP contribution in [-0.2, 0) is 4.79 Å².